The normalized spacial score (nSPS) is 17.9. The van der Waals surface area contributed by atoms with E-state index in [0.717, 1.165) is 25.7 Å². The third-order valence-corrected chi connectivity index (χ3v) is 3.71. The largest absolute Gasteiger partial charge is 0.455 e. The van der Waals surface area contributed by atoms with E-state index in [1.807, 2.05) is 0 Å². The average molecular weight is 252 g/mol. The highest BCUT2D eigenvalue weighted by Gasteiger charge is 2.33. The van der Waals surface area contributed by atoms with Crippen molar-refractivity contribution in [1.82, 2.24) is 5.32 Å². The Bertz CT molecular complexity index is 408. The molecule has 0 saturated heterocycles. The number of hydrogen-bond acceptors (Lipinski definition) is 4. The predicted octanol–water partition coefficient (Wildman–Crippen LogP) is 1.02. The Hall–Kier alpha value is -1.33. The van der Waals surface area contributed by atoms with E-state index in [1.165, 1.54) is 0 Å². The molecule has 18 heavy (non-hydrogen) atoms. The number of aliphatic hydroxyl groups excluding tert-OH is 1. The van der Waals surface area contributed by atoms with Gasteiger partial charge in [0, 0.05) is 12.0 Å². The Morgan fingerprint density at radius 3 is 2.72 bits per heavy atom. The van der Waals surface area contributed by atoms with Crippen LogP contribution in [0.5, 0.6) is 0 Å². The van der Waals surface area contributed by atoms with Crippen LogP contribution in [0.1, 0.15) is 42.0 Å². The zero-order valence-electron chi connectivity index (χ0n) is 10.4. The molecule has 100 valence electrons. The van der Waals surface area contributed by atoms with Gasteiger partial charge in [0.1, 0.15) is 5.76 Å². The van der Waals surface area contributed by atoms with Gasteiger partial charge >= 0.3 is 0 Å². The summed E-state index contributed by atoms with van der Waals surface area (Å²) in [6.07, 6.45) is 4.18. The summed E-state index contributed by atoms with van der Waals surface area (Å²) in [6.45, 7) is 0.911. The first-order valence-electron chi connectivity index (χ1n) is 6.37. The van der Waals surface area contributed by atoms with Crippen molar-refractivity contribution in [1.29, 1.82) is 0 Å². The molecule has 0 atom stereocenters. The van der Waals surface area contributed by atoms with Crippen LogP contribution in [0.4, 0.5) is 0 Å². The number of aliphatic hydroxyl groups is 1. The molecule has 4 N–H and O–H groups in total. The zero-order valence-corrected chi connectivity index (χ0v) is 10.4. The van der Waals surface area contributed by atoms with Crippen LogP contribution in [0.3, 0.4) is 0 Å². The lowest BCUT2D eigenvalue weighted by atomic mass is 9.87. The molecule has 1 saturated carbocycles. The van der Waals surface area contributed by atoms with E-state index in [-0.39, 0.29) is 30.2 Å². The molecule has 1 aromatic heterocycles. The van der Waals surface area contributed by atoms with Crippen LogP contribution in [0.25, 0.3) is 0 Å². The maximum Gasteiger partial charge on any atom is 0.287 e. The number of nitrogens with two attached hydrogens (primary N) is 1. The average Bonchev–Trinajstić information content (AvgIpc) is 3.05. The predicted molar refractivity (Wildman–Crippen MR) is 66.9 cm³/mol. The molecule has 0 aromatic carbocycles. The first-order chi connectivity index (χ1) is 8.69. The number of carbonyl (C=O) groups is 1. The molecule has 1 aliphatic rings. The van der Waals surface area contributed by atoms with E-state index in [0.29, 0.717) is 12.3 Å². The fourth-order valence-electron chi connectivity index (χ4n) is 2.48. The van der Waals surface area contributed by atoms with Gasteiger partial charge in [-0.2, -0.15) is 0 Å². The van der Waals surface area contributed by atoms with Crippen LogP contribution in [-0.4, -0.2) is 24.2 Å². The van der Waals surface area contributed by atoms with Crippen LogP contribution in [0.2, 0.25) is 0 Å². The van der Waals surface area contributed by atoms with Crippen molar-refractivity contribution in [3.05, 3.63) is 23.7 Å². The molecule has 1 amide bonds. The summed E-state index contributed by atoms with van der Waals surface area (Å²) in [5, 5.41) is 12.3. The molecule has 0 unspecified atom stereocenters. The molecular weight excluding hydrogens is 232 g/mol. The number of amides is 1. The SMILES string of the molecule is NCc1ccc(C(=O)NCC2(CO)CCCC2)o1. The van der Waals surface area contributed by atoms with E-state index in [1.54, 1.807) is 12.1 Å². The molecule has 5 nitrogen and oxygen atoms in total. The van der Waals surface area contributed by atoms with Gasteiger partial charge in [0.05, 0.1) is 13.2 Å². The third kappa shape index (κ3) is 2.73. The molecule has 2 rings (SSSR count). The first-order valence-corrected chi connectivity index (χ1v) is 6.37. The van der Waals surface area contributed by atoms with Crippen molar-refractivity contribution >= 4 is 5.91 Å². The summed E-state index contributed by atoms with van der Waals surface area (Å²) in [5.74, 6) is 0.633. The number of rotatable bonds is 5. The molecule has 1 aromatic rings. The highest BCUT2D eigenvalue weighted by atomic mass is 16.4. The first kappa shape index (κ1) is 13.1. The Kier molecular flexibility index (Phi) is 4.04. The second kappa shape index (κ2) is 5.54. The lowest BCUT2D eigenvalue weighted by molar-refractivity contribution is 0.0853. The van der Waals surface area contributed by atoms with E-state index < -0.39 is 0 Å². The fourth-order valence-corrected chi connectivity index (χ4v) is 2.48. The molecule has 5 heteroatoms. The van der Waals surface area contributed by atoms with Crippen molar-refractivity contribution in [3.8, 4) is 0 Å². The lowest BCUT2D eigenvalue weighted by Gasteiger charge is -2.26. The molecule has 0 radical (unpaired) electrons. The molecule has 0 spiro atoms. The van der Waals surface area contributed by atoms with Gasteiger partial charge in [0.25, 0.3) is 5.91 Å². The Morgan fingerprint density at radius 2 is 2.17 bits per heavy atom. The summed E-state index contributed by atoms with van der Waals surface area (Å²) in [4.78, 5) is 11.9. The van der Waals surface area contributed by atoms with Gasteiger partial charge in [-0.25, -0.2) is 0 Å². The van der Waals surface area contributed by atoms with Crippen molar-refractivity contribution in [2.45, 2.75) is 32.2 Å². The smallest absolute Gasteiger partial charge is 0.287 e. The summed E-state index contributed by atoms with van der Waals surface area (Å²) in [6, 6.07) is 3.32. The minimum Gasteiger partial charge on any atom is -0.455 e. The van der Waals surface area contributed by atoms with Crippen molar-refractivity contribution in [3.63, 3.8) is 0 Å². The van der Waals surface area contributed by atoms with Crippen LogP contribution >= 0.6 is 0 Å². The number of hydrogen-bond donors (Lipinski definition) is 3. The summed E-state index contributed by atoms with van der Waals surface area (Å²) >= 11 is 0. The minimum atomic E-state index is -0.241. The molecular formula is C13H20N2O3. The monoisotopic (exact) mass is 252 g/mol. The van der Waals surface area contributed by atoms with Gasteiger partial charge in [0.15, 0.2) is 5.76 Å². The maximum absolute atomic E-state index is 11.9. The van der Waals surface area contributed by atoms with Crippen LogP contribution in [-0.2, 0) is 6.54 Å². The van der Waals surface area contributed by atoms with E-state index in [2.05, 4.69) is 5.32 Å². The molecule has 1 aliphatic carbocycles. The second-order valence-corrected chi connectivity index (χ2v) is 5.02. The topological polar surface area (TPSA) is 88.5 Å². The highest BCUT2D eigenvalue weighted by molar-refractivity contribution is 5.91. The Balaban J connectivity index is 1.91. The van der Waals surface area contributed by atoms with Gasteiger partial charge in [-0.15, -0.1) is 0 Å². The highest BCUT2D eigenvalue weighted by Crippen LogP contribution is 2.36. The van der Waals surface area contributed by atoms with Crippen molar-refractivity contribution < 1.29 is 14.3 Å². The zero-order chi connectivity index (χ0) is 13.0. The van der Waals surface area contributed by atoms with Crippen molar-refractivity contribution in [2.24, 2.45) is 11.1 Å². The van der Waals surface area contributed by atoms with Gasteiger partial charge < -0.3 is 20.6 Å². The number of carbonyl (C=O) groups excluding carboxylic acids is 1. The maximum atomic E-state index is 11.9. The Labute approximate surface area is 106 Å². The molecule has 0 aliphatic heterocycles. The summed E-state index contributed by atoms with van der Waals surface area (Å²) in [5.41, 5.74) is 5.28. The van der Waals surface area contributed by atoms with Crippen LogP contribution in [0, 0.1) is 5.41 Å². The molecule has 0 bridgehead atoms. The van der Waals surface area contributed by atoms with Crippen molar-refractivity contribution in [2.75, 3.05) is 13.2 Å². The van der Waals surface area contributed by atoms with Crippen LogP contribution < -0.4 is 11.1 Å². The van der Waals surface area contributed by atoms with Gasteiger partial charge in [0.2, 0.25) is 0 Å². The van der Waals surface area contributed by atoms with E-state index in [4.69, 9.17) is 10.2 Å². The Morgan fingerprint density at radius 1 is 1.44 bits per heavy atom. The minimum absolute atomic E-state index is 0.124. The summed E-state index contributed by atoms with van der Waals surface area (Å²) in [7, 11) is 0. The third-order valence-electron chi connectivity index (χ3n) is 3.71. The number of furan rings is 1. The molecule has 1 fully saturated rings. The fraction of sp³-hybridized carbons (Fsp3) is 0.615. The lowest BCUT2D eigenvalue weighted by Crippen LogP contribution is -2.38. The second-order valence-electron chi connectivity index (χ2n) is 5.02. The van der Waals surface area contributed by atoms with Gasteiger partial charge in [-0.1, -0.05) is 12.8 Å². The van der Waals surface area contributed by atoms with E-state index in [9.17, 15) is 9.90 Å². The number of nitrogens with one attached hydrogen (secondary N) is 1. The standard InChI is InChI=1S/C13H20N2O3/c14-7-10-3-4-11(18-10)12(17)15-8-13(9-16)5-1-2-6-13/h3-4,16H,1-2,5-9,14H2,(H,15,17). The van der Waals surface area contributed by atoms with E-state index >= 15 is 0 Å². The quantitative estimate of drug-likeness (QED) is 0.730. The van der Waals surface area contributed by atoms with Gasteiger partial charge in [-0.3, -0.25) is 4.79 Å². The molecule has 1 heterocycles. The summed E-state index contributed by atoms with van der Waals surface area (Å²) < 4.78 is 5.28. The van der Waals surface area contributed by atoms with Crippen LogP contribution in [0.15, 0.2) is 16.5 Å². The van der Waals surface area contributed by atoms with Gasteiger partial charge in [-0.05, 0) is 25.0 Å².